The van der Waals surface area contributed by atoms with Gasteiger partial charge in [-0.1, -0.05) is 6.07 Å². The molecule has 0 saturated carbocycles. The van der Waals surface area contributed by atoms with Crippen molar-refractivity contribution in [3.63, 3.8) is 0 Å². The fraction of sp³-hybridized carbons (Fsp3) is 0.500. The van der Waals surface area contributed by atoms with Gasteiger partial charge in [0.05, 0.1) is 18.6 Å². The molecular weight excluding hydrogens is 350 g/mol. The number of rotatable bonds is 6. The zero-order chi connectivity index (χ0) is 19.3. The van der Waals surface area contributed by atoms with Crippen molar-refractivity contribution in [3.05, 3.63) is 33.9 Å². The lowest BCUT2D eigenvalue weighted by Gasteiger charge is -2.33. The summed E-state index contributed by atoms with van der Waals surface area (Å²) in [7, 11) is 1.19. The molecule has 10 nitrogen and oxygen atoms in total. The molecule has 0 aromatic heterocycles. The molecule has 1 aliphatic rings. The molecule has 1 aliphatic heterocycles. The van der Waals surface area contributed by atoms with Crippen molar-refractivity contribution in [2.75, 3.05) is 7.11 Å². The van der Waals surface area contributed by atoms with Gasteiger partial charge < -0.3 is 24.1 Å². The standard InChI is InChI=1S/C16H19NO9/c1-9(19)24-11-6-14(16(20)23-2)26-15(7-11)25-13-4-3-10(8-18)5-12(13)17(21)22/h3-5,11,14-15,18H,6-8H2,1-2H3/t11?,14-,15?/m0/s1. The number of ether oxygens (including phenoxy) is 4. The highest BCUT2D eigenvalue weighted by Crippen LogP contribution is 2.32. The highest BCUT2D eigenvalue weighted by molar-refractivity contribution is 5.74. The van der Waals surface area contributed by atoms with E-state index in [9.17, 15) is 19.7 Å². The van der Waals surface area contributed by atoms with Crippen LogP contribution in [0.25, 0.3) is 0 Å². The van der Waals surface area contributed by atoms with E-state index in [1.165, 1.54) is 32.2 Å². The van der Waals surface area contributed by atoms with Gasteiger partial charge in [0.15, 0.2) is 11.9 Å². The van der Waals surface area contributed by atoms with Crippen molar-refractivity contribution in [2.24, 2.45) is 0 Å². The highest BCUT2D eigenvalue weighted by Gasteiger charge is 2.37. The van der Waals surface area contributed by atoms with E-state index < -0.39 is 35.4 Å². The van der Waals surface area contributed by atoms with Gasteiger partial charge in [-0.25, -0.2) is 4.79 Å². The minimum absolute atomic E-state index is 0.0893. The normalized spacial score (nSPS) is 22.3. The zero-order valence-electron chi connectivity index (χ0n) is 14.2. The van der Waals surface area contributed by atoms with Crippen LogP contribution in [0, 0.1) is 10.1 Å². The molecule has 26 heavy (non-hydrogen) atoms. The molecule has 2 rings (SSSR count). The van der Waals surface area contributed by atoms with Gasteiger partial charge in [-0.3, -0.25) is 14.9 Å². The van der Waals surface area contributed by atoms with E-state index in [4.69, 9.17) is 19.3 Å². The molecule has 0 radical (unpaired) electrons. The molecule has 0 spiro atoms. The van der Waals surface area contributed by atoms with Crippen LogP contribution in [0.15, 0.2) is 18.2 Å². The first-order valence-corrected chi connectivity index (χ1v) is 7.79. The van der Waals surface area contributed by atoms with Crippen molar-refractivity contribution >= 4 is 17.6 Å². The molecule has 3 atom stereocenters. The van der Waals surface area contributed by atoms with Crippen LogP contribution in [0.4, 0.5) is 5.69 Å². The first-order valence-electron chi connectivity index (χ1n) is 7.79. The summed E-state index contributed by atoms with van der Waals surface area (Å²) in [5, 5.41) is 20.3. The van der Waals surface area contributed by atoms with Crippen molar-refractivity contribution in [2.45, 2.75) is 44.9 Å². The summed E-state index contributed by atoms with van der Waals surface area (Å²) in [6, 6.07) is 3.97. The minimum atomic E-state index is -1.06. The van der Waals surface area contributed by atoms with Gasteiger partial charge in [0.1, 0.15) is 6.10 Å². The smallest absolute Gasteiger partial charge is 0.335 e. The fourth-order valence-corrected chi connectivity index (χ4v) is 2.58. The van der Waals surface area contributed by atoms with Crippen LogP contribution in [0.3, 0.4) is 0 Å². The Morgan fingerprint density at radius 2 is 2.12 bits per heavy atom. The number of esters is 2. The number of benzene rings is 1. The number of nitro groups is 1. The van der Waals surface area contributed by atoms with Crippen LogP contribution in [-0.4, -0.2) is 47.6 Å². The molecule has 1 heterocycles. The van der Waals surface area contributed by atoms with Crippen LogP contribution >= 0.6 is 0 Å². The Bertz CT molecular complexity index is 690. The maximum Gasteiger partial charge on any atom is 0.335 e. The second-order valence-electron chi connectivity index (χ2n) is 5.62. The summed E-state index contributed by atoms with van der Waals surface area (Å²) < 4.78 is 20.8. The van der Waals surface area contributed by atoms with Gasteiger partial charge in [0.2, 0.25) is 6.29 Å². The lowest BCUT2D eigenvalue weighted by atomic mass is 10.0. The number of hydrogen-bond acceptors (Lipinski definition) is 9. The number of aliphatic hydroxyl groups is 1. The van der Waals surface area contributed by atoms with Gasteiger partial charge >= 0.3 is 17.6 Å². The lowest BCUT2D eigenvalue weighted by Crippen LogP contribution is -2.44. The third-order valence-corrected chi connectivity index (χ3v) is 3.71. The van der Waals surface area contributed by atoms with Gasteiger partial charge in [0, 0.05) is 25.8 Å². The van der Waals surface area contributed by atoms with E-state index in [0.717, 1.165) is 0 Å². The van der Waals surface area contributed by atoms with Gasteiger partial charge in [-0.05, 0) is 11.6 Å². The van der Waals surface area contributed by atoms with Gasteiger partial charge in [0.25, 0.3) is 0 Å². The molecule has 1 saturated heterocycles. The van der Waals surface area contributed by atoms with Gasteiger partial charge in [-0.15, -0.1) is 0 Å². The molecule has 0 aliphatic carbocycles. The fourth-order valence-electron chi connectivity index (χ4n) is 2.58. The summed E-state index contributed by atoms with van der Waals surface area (Å²) in [4.78, 5) is 33.5. The second-order valence-corrected chi connectivity index (χ2v) is 5.62. The van der Waals surface area contributed by atoms with Crippen LogP contribution in [0.5, 0.6) is 5.75 Å². The Morgan fingerprint density at radius 1 is 1.38 bits per heavy atom. The van der Waals surface area contributed by atoms with Crippen LogP contribution < -0.4 is 4.74 Å². The van der Waals surface area contributed by atoms with Crippen molar-refractivity contribution in [1.29, 1.82) is 0 Å². The predicted molar refractivity (Wildman–Crippen MR) is 85.1 cm³/mol. The first-order chi connectivity index (χ1) is 12.3. The quantitative estimate of drug-likeness (QED) is 0.444. The molecule has 1 N–H and O–H groups in total. The molecule has 1 aromatic rings. The number of nitrogens with zero attached hydrogens (tertiary/aromatic N) is 1. The van der Waals surface area contributed by atoms with E-state index in [0.29, 0.717) is 5.56 Å². The highest BCUT2D eigenvalue weighted by atomic mass is 16.7. The summed E-state index contributed by atoms with van der Waals surface area (Å²) in [5.74, 6) is -1.29. The molecule has 0 amide bonds. The van der Waals surface area contributed by atoms with Crippen molar-refractivity contribution in [1.82, 2.24) is 0 Å². The van der Waals surface area contributed by atoms with E-state index in [2.05, 4.69) is 4.74 Å². The largest absolute Gasteiger partial charge is 0.467 e. The number of nitro benzene ring substituents is 1. The van der Waals surface area contributed by atoms with Crippen LogP contribution in [0.1, 0.15) is 25.3 Å². The van der Waals surface area contributed by atoms with E-state index >= 15 is 0 Å². The van der Waals surface area contributed by atoms with Gasteiger partial charge in [-0.2, -0.15) is 0 Å². The molecule has 1 aromatic carbocycles. The Morgan fingerprint density at radius 3 is 2.69 bits per heavy atom. The number of aliphatic hydroxyl groups excluding tert-OH is 1. The van der Waals surface area contributed by atoms with E-state index in [1.54, 1.807) is 0 Å². The molecule has 1 fully saturated rings. The summed E-state index contributed by atoms with van der Waals surface area (Å²) in [6.45, 7) is 0.872. The topological polar surface area (TPSA) is 134 Å². The van der Waals surface area contributed by atoms with Crippen LogP contribution in [0.2, 0.25) is 0 Å². The Labute approximate surface area is 148 Å². The van der Waals surface area contributed by atoms with Crippen molar-refractivity contribution in [3.8, 4) is 5.75 Å². The minimum Gasteiger partial charge on any atom is -0.467 e. The Kier molecular flexibility index (Phi) is 6.47. The summed E-state index contributed by atoms with van der Waals surface area (Å²) in [5.41, 5.74) is -0.0109. The maximum atomic E-state index is 11.8. The first kappa shape index (κ1) is 19.6. The second kappa shape index (κ2) is 8.59. The van der Waals surface area contributed by atoms with Crippen molar-refractivity contribution < 1.29 is 38.6 Å². The average Bonchev–Trinajstić information content (AvgIpc) is 2.60. The number of carbonyl (C=O) groups excluding carboxylic acids is 2. The predicted octanol–water partition coefficient (Wildman–Crippen LogP) is 1.08. The average molecular weight is 369 g/mol. The SMILES string of the molecule is COC(=O)[C@@H]1CC(OC(C)=O)CC(Oc2ccc(CO)cc2[N+](=O)[O-])O1. The number of carbonyl (C=O) groups is 2. The third kappa shape index (κ3) is 4.90. The Balaban J connectivity index is 2.21. The monoisotopic (exact) mass is 369 g/mol. The third-order valence-electron chi connectivity index (χ3n) is 3.71. The molecular formula is C16H19NO9. The van der Waals surface area contributed by atoms with E-state index in [-0.39, 0.29) is 30.9 Å². The van der Waals surface area contributed by atoms with E-state index in [1.807, 2.05) is 0 Å². The number of methoxy groups -OCH3 is 1. The number of hydrogen-bond donors (Lipinski definition) is 1. The molecule has 2 unspecified atom stereocenters. The lowest BCUT2D eigenvalue weighted by molar-refractivity contribution is -0.386. The maximum absolute atomic E-state index is 11.8. The van der Waals surface area contributed by atoms with Crippen LogP contribution in [-0.2, 0) is 30.4 Å². The Hall–Kier alpha value is -2.72. The zero-order valence-corrected chi connectivity index (χ0v) is 14.2. The molecule has 10 heteroatoms. The summed E-state index contributed by atoms with van der Waals surface area (Å²) >= 11 is 0. The summed E-state index contributed by atoms with van der Waals surface area (Å²) in [6.07, 6.45) is -2.57. The molecule has 0 bridgehead atoms. The molecule has 142 valence electrons.